The van der Waals surface area contributed by atoms with Crippen LogP contribution in [0.4, 0.5) is 0 Å². The molecule has 24 heavy (non-hydrogen) atoms. The van der Waals surface area contributed by atoms with Crippen LogP contribution in [0, 0.1) is 5.92 Å². The highest BCUT2D eigenvalue weighted by Gasteiger charge is 2.42. The van der Waals surface area contributed by atoms with Gasteiger partial charge in [-0.2, -0.15) is 0 Å². The van der Waals surface area contributed by atoms with E-state index >= 15 is 0 Å². The van der Waals surface area contributed by atoms with E-state index in [1.165, 1.54) is 66.3 Å². The Balaban J connectivity index is 0.00000169. The van der Waals surface area contributed by atoms with Crippen molar-refractivity contribution in [3.63, 3.8) is 0 Å². The van der Waals surface area contributed by atoms with Gasteiger partial charge in [-0.25, -0.2) is 0 Å². The summed E-state index contributed by atoms with van der Waals surface area (Å²) in [6.07, 6.45) is 6.41. The Morgan fingerprint density at radius 2 is 1.75 bits per heavy atom. The van der Waals surface area contributed by atoms with Gasteiger partial charge >= 0.3 is 0 Å². The van der Waals surface area contributed by atoms with Crippen LogP contribution in [0.1, 0.15) is 37.8 Å². The van der Waals surface area contributed by atoms with Crippen molar-refractivity contribution in [2.24, 2.45) is 5.92 Å². The highest BCUT2D eigenvalue weighted by atomic mass is 79.9. The molecule has 0 N–H and O–H groups in total. The third-order valence-electron chi connectivity index (χ3n) is 5.90. The van der Waals surface area contributed by atoms with Crippen LogP contribution in [0.15, 0.2) is 42.0 Å². The summed E-state index contributed by atoms with van der Waals surface area (Å²) in [6.45, 7) is 10.0. The first-order valence-electron chi connectivity index (χ1n) is 9.31. The number of fused-ring (bicyclic) bond motifs is 4. The second-order valence-electron chi connectivity index (χ2n) is 7.61. The Hall–Kier alpha value is -1.12. The van der Waals surface area contributed by atoms with E-state index in [1.807, 2.05) is 0 Å². The Morgan fingerprint density at radius 1 is 1.00 bits per heavy atom. The van der Waals surface area contributed by atoms with Gasteiger partial charge in [0.2, 0.25) is 0 Å². The zero-order valence-corrected chi connectivity index (χ0v) is 16.5. The Kier molecular flexibility index (Phi) is 5.17. The summed E-state index contributed by atoms with van der Waals surface area (Å²) in [5.74, 6) is 0.779. The fourth-order valence-corrected chi connectivity index (χ4v) is 5.07. The number of nitrogens with zero attached hydrogens (tertiary/aromatic N) is 1. The van der Waals surface area contributed by atoms with Crippen molar-refractivity contribution in [2.45, 2.75) is 33.1 Å². The SMILES string of the molecule is CCC[N+]1(CCC)CC2=Cc3c(ccc4ccccc34)CC2C1.[Br-]. The minimum atomic E-state index is 0. The molecule has 2 heteroatoms. The van der Waals surface area contributed by atoms with E-state index in [9.17, 15) is 0 Å². The fraction of sp³-hybridized carbons (Fsp3) is 0.455. The molecule has 1 aliphatic carbocycles. The molecule has 128 valence electrons. The number of halogens is 1. The molecule has 0 bridgehead atoms. The van der Waals surface area contributed by atoms with Crippen LogP contribution in [-0.4, -0.2) is 30.7 Å². The Morgan fingerprint density at radius 3 is 2.50 bits per heavy atom. The van der Waals surface area contributed by atoms with Crippen molar-refractivity contribution in [1.29, 1.82) is 0 Å². The van der Waals surface area contributed by atoms with Gasteiger partial charge in [0.1, 0.15) is 6.54 Å². The molecule has 0 aromatic heterocycles. The largest absolute Gasteiger partial charge is 1.00 e. The molecule has 4 rings (SSSR count). The van der Waals surface area contributed by atoms with Gasteiger partial charge in [0.05, 0.1) is 19.6 Å². The molecule has 1 saturated heterocycles. The van der Waals surface area contributed by atoms with Crippen LogP contribution in [0.2, 0.25) is 0 Å². The van der Waals surface area contributed by atoms with Crippen LogP contribution < -0.4 is 17.0 Å². The van der Waals surface area contributed by atoms with Crippen molar-refractivity contribution in [3.8, 4) is 0 Å². The number of rotatable bonds is 4. The third kappa shape index (κ3) is 2.95. The van der Waals surface area contributed by atoms with Crippen molar-refractivity contribution in [1.82, 2.24) is 0 Å². The first kappa shape index (κ1) is 17.7. The highest BCUT2D eigenvalue weighted by Crippen LogP contribution is 2.40. The molecular weight excluding hydrogens is 358 g/mol. The van der Waals surface area contributed by atoms with E-state index in [0.29, 0.717) is 0 Å². The van der Waals surface area contributed by atoms with Gasteiger partial charge in [0.25, 0.3) is 0 Å². The van der Waals surface area contributed by atoms with Gasteiger partial charge in [-0.1, -0.05) is 50.2 Å². The predicted octanol–water partition coefficient (Wildman–Crippen LogP) is 2.05. The highest BCUT2D eigenvalue weighted by molar-refractivity contribution is 5.93. The zero-order valence-electron chi connectivity index (χ0n) is 14.9. The van der Waals surface area contributed by atoms with Crippen LogP contribution in [0.5, 0.6) is 0 Å². The first-order valence-corrected chi connectivity index (χ1v) is 9.31. The van der Waals surface area contributed by atoms with E-state index in [1.54, 1.807) is 11.1 Å². The number of hydrogen-bond acceptors (Lipinski definition) is 0. The normalized spacial score (nSPS) is 20.9. The van der Waals surface area contributed by atoms with Gasteiger partial charge in [-0.05, 0) is 52.8 Å². The molecule has 1 fully saturated rings. The van der Waals surface area contributed by atoms with E-state index in [0.717, 1.165) is 5.92 Å². The second kappa shape index (κ2) is 7.01. The van der Waals surface area contributed by atoms with E-state index in [4.69, 9.17) is 0 Å². The van der Waals surface area contributed by atoms with E-state index < -0.39 is 0 Å². The van der Waals surface area contributed by atoms with Crippen LogP contribution >= 0.6 is 0 Å². The predicted molar refractivity (Wildman–Crippen MR) is 99.4 cm³/mol. The van der Waals surface area contributed by atoms with Crippen molar-refractivity contribution in [2.75, 3.05) is 26.2 Å². The minimum Gasteiger partial charge on any atom is -1.00 e. The summed E-state index contributed by atoms with van der Waals surface area (Å²) in [4.78, 5) is 0. The molecule has 0 spiro atoms. The molecule has 1 aliphatic heterocycles. The Labute approximate surface area is 156 Å². The maximum Gasteiger partial charge on any atom is 0.101 e. The smallest absolute Gasteiger partial charge is 0.101 e. The topological polar surface area (TPSA) is 0 Å². The molecule has 1 unspecified atom stereocenters. The lowest BCUT2D eigenvalue weighted by Gasteiger charge is -2.34. The van der Waals surface area contributed by atoms with Crippen molar-refractivity contribution < 1.29 is 21.5 Å². The maximum absolute atomic E-state index is 2.55. The zero-order chi connectivity index (χ0) is 15.9. The molecule has 1 nitrogen and oxygen atoms in total. The van der Waals surface area contributed by atoms with Crippen molar-refractivity contribution in [3.05, 3.63) is 53.1 Å². The quantitative estimate of drug-likeness (QED) is 0.706. The van der Waals surface area contributed by atoms with E-state index in [-0.39, 0.29) is 17.0 Å². The van der Waals surface area contributed by atoms with Crippen molar-refractivity contribution >= 4 is 16.8 Å². The summed E-state index contributed by atoms with van der Waals surface area (Å²) in [7, 11) is 0. The maximum atomic E-state index is 2.55. The van der Waals surface area contributed by atoms with Gasteiger partial charge in [0.15, 0.2) is 0 Å². The molecule has 0 radical (unpaired) electrons. The lowest BCUT2D eigenvalue weighted by Crippen LogP contribution is -3.00. The molecule has 2 aliphatic rings. The summed E-state index contributed by atoms with van der Waals surface area (Å²) in [5.41, 5.74) is 4.78. The molecule has 2 aromatic carbocycles. The standard InChI is InChI=1S/C22H28N.BrH/c1-3-11-23(12-4-2)15-19-13-18-10-9-17-7-5-6-8-21(17)22(18)14-20(19)16-23;/h5-10,14,19H,3-4,11-13,15-16H2,1-2H3;1H/q+1;/p-1. The second-order valence-corrected chi connectivity index (χ2v) is 7.61. The van der Waals surface area contributed by atoms with Gasteiger partial charge in [-0.15, -0.1) is 0 Å². The lowest BCUT2D eigenvalue weighted by atomic mass is 9.83. The number of quaternary nitrogens is 1. The third-order valence-corrected chi connectivity index (χ3v) is 5.90. The van der Waals surface area contributed by atoms with Crippen LogP contribution in [0.25, 0.3) is 16.8 Å². The average molecular weight is 386 g/mol. The summed E-state index contributed by atoms with van der Waals surface area (Å²) < 4.78 is 1.33. The van der Waals surface area contributed by atoms with Crippen LogP contribution in [0.3, 0.4) is 0 Å². The molecule has 1 heterocycles. The summed E-state index contributed by atoms with van der Waals surface area (Å²) in [5, 5.41) is 2.81. The lowest BCUT2D eigenvalue weighted by molar-refractivity contribution is -0.916. The number of hydrogen-bond donors (Lipinski definition) is 0. The van der Waals surface area contributed by atoms with Gasteiger partial charge in [0, 0.05) is 5.92 Å². The monoisotopic (exact) mass is 385 g/mol. The molecule has 0 amide bonds. The van der Waals surface area contributed by atoms with E-state index in [2.05, 4.69) is 56.3 Å². The number of likely N-dealkylation sites (tertiary alicyclic amines) is 1. The molecule has 1 atom stereocenters. The molecule has 2 aromatic rings. The van der Waals surface area contributed by atoms with Gasteiger partial charge in [-0.3, -0.25) is 0 Å². The first-order chi connectivity index (χ1) is 11.2. The van der Waals surface area contributed by atoms with Crippen LogP contribution in [-0.2, 0) is 6.42 Å². The number of benzene rings is 2. The average Bonchev–Trinajstić information content (AvgIpc) is 2.90. The molecule has 0 saturated carbocycles. The summed E-state index contributed by atoms with van der Waals surface area (Å²) >= 11 is 0. The van der Waals surface area contributed by atoms with Gasteiger partial charge < -0.3 is 21.5 Å². The Bertz CT molecular complexity index is 756. The molecular formula is C22H28BrN. The minimum absolute atomic E-state index is 0. The fourth-order valence-electron chi connectivity index (χ4n) is 5.07. The summed E-state index contributed by atoms with van der Waals surface area (Å²) in [6, 6.07) is 13.5.